The summed E-state index contributed by atoms with van der Waals surface area (Å²) in [6.45, 7) is 5.18. The second-order valence-corrected chi connectivity index (χ2v) is 5.16. The van der Waals surface area contributed by atoms with Crippen LogP contribution in [-0.4, -0.2) is 21.6 Å². The van der Waals surface area contributed by atoms with Crippen LogP contribution in [0.2, 0.25) is 0 Å². The molecule has 0 saturated carbocycles. The van der Waals surface area contributed by atoms with Gasteiger partial charge in [-0.3, -0.25) is 24.6 Å². The Labute approximate surface area is 116 Å². The van der Waals surface area contributed by atoms with Gasteiger partial charge in [-0.25, -0.2) is 0 Å². The number of nitro groups is 1. The normalized spacial score (nSPS) is 22.4. The molecular formula is C14H16N2O4. The highest BCUT2D eigenvalue weighted by atomic mass is 16.6. The Morgan fingerprint density at radius 2 is 1.75 bits per heavy atom. The summed E-state index contributed by atoms with van der Waals surface area (Å²) in [5.41, 5.74) is 1.12. The summed E-state index contributed by atoms with van der Waals surface area (Å²) >= 11 is 0. The van der Waals surface area contributed by atoms with Crippen molar-refractivity contribution in [2.24, 2.45) is 11.8 Å². The van der Waals surface area contributed by atoms with Gasteiger partial charge in [0.05, 0.1) is 11.5 Å². The zero-order valence-corrected chi connectivity index (χ0v) is 11.6. The maximum atomic E-state index is 12.0. The molecule has 1 saturated heterocycles. The molecule has 20 heavy (non-hydrogen) atoms. The van der Waals surface area contributed by atoms with Crippen molar-refractivity contribution in [2.45, 2.75) is 27.3 Å². The fraction of sp³-hybridized carbons (Fsp3) is 0.429. The number of amides is 2. The number of hydrogen-bond acceptors (Lipinski definition) is 4. The van der Waals surface area contributed by atoms with Gasteiger partial charge in [-0.05, 0) is 12.5 Å². The van der Waals surface area contributed by atoms with E-state index in [2.05, 4.69) is 0 Å². The van der Waals surface area contributed by atoms with Crippen LogP contribution in [0.1, 0.15) is 25.0 Å². The molecule has 6 heteroatoms. The average molecular weight is 276 g/mol. The molecule has 2 atom stereocenters. The minimum atomic E-state index is -0.461. The fourth-order valence-electron chi connectivity index (χ4n) is 2.39. The molecule has 2 unspecified atom stereocenters. The number of nitro benzene ring substituents is 1. The maximum absolute atomic E-state index is 12.0. The molecule has 1 aromatic rings. The number of carbonyl (C=O) groups excluding carboxylic acids is 2. The number of benzene rings is 1. The van der Waals surface area contributed by atoms with E-state index in [1.165, 1.54) is 11.0 Å². The molecule has 1 aliphatic heterocycles. The second kappa shape index (κ2) is 5.03. The predicted octanol–water partition coefficient (Wildman–Crippen LogP) is 2.04. The van der Waals surface area contributed by atoms with Crippen LogP contribution in [0.3, 0.4) is 0 Å². The fourth-order valence-corrected chi connectivity index (χ4v) is 2.39. The van der Waals surface area contributed by atoms with Gasteiger partial charge in [0.2, 0.25) is 11.8 Å². The standard InChI is InChI=1S/C14H16N2O4/c1-8-9(2)14(18)15(13(8)17)7-11-5-4-6-12(10(11)3)16(19)20/h4-6,8-9H,7H2,1-3H3. The Morgan fingerprint density at radius 3 is 2.25 bits per heavy atom. The van der Waals surface area contributed by atoms with E-state index in [-0.39, 0.29) is 35.9 Å². The monoisotopic (exact) mass is 276 g/mol. The molecule has 1 aliphatic rings. The maximum Gasteiger partial charge on any atom is 0.272 e. The Balaban J connectivity index is 2.32. The molecular weight excluding hydrogens is 260 g/mol. The van der Waals surface area contributed by atoms with Crippen LogP contribution in [0.4, 0.5) is 5.69 Å². The molecule has 0 N–H and O–H groups in total. The van der Waals surface area contributed by atoms with Crippen molar-refractivity contribution >= 4 is 17.5 Å². The van der Waals surface area contributed by atoms with E-state index in [0.717, 1.165) is 0 Å². The van der Waals surface area contributed by atoms with Gasteiger partial charge >= 0.3 is 0 Å². The molecule has 0 radical (unpaired) electrons. The lowest BCUT2D eigenvalue weighted by molar-refractivity contribution is -0.385. The predicted molar refractivity (Wildman–Crippen MR) is 71.7 cm³/mol. The zero-order valence-electron chi connectivity index (χ0n) is 11.6. The molecule has 0 aromatic heterocycles. The summed E-state index contributed by atoms with van der Waals surface area (Å²) in [6.07, 6.45) is 0. The first-order valence-electron chi connectivity index (χ1n) is 6.42. The van der Waals surface area contributed by atoms with Crippen molar-refractivity contribution in [3.63, 3.8) is 0 Å². The first kappa shape index (κ1) is 14.2. The minimum Gasteiger partial charge on any atom is -0.278 e. The molecule has 106 valence electrons. The minimum absolute atomic E-state index is 0.00249. The molecule has 0 bridgehead atoms. The van der Waals surface area contributed by atoms with Crippen molar-refractivity contribution in [3.05, 3.63) is 39.4 Å². The van der Waals surface area contributed by atoms with Crippen LogP contribution in [-0.2, 0) is 16.1 Å². The Hall–Kier alpha value is -2.24. The third-order valence-corrected chi connectivity index (χ3v) is 4.00. The molecule has 2 rings (SSSR count). The van der Waals surface area contributed by atoms with Gasteiger partial charge in [0.15, 0.2) is 0 Å². The number of carbonyl (C=O) groups is 2. The summed E-state index contributed by atoms with van der Waals surface area (Å²) in [7, 11) is 0. The Kier molecular flexibility index (Phi) is 3.57. The van der Waals surface area contributed by atoms with Crippen molar-refractivity contribution in [1.29, 1.82) is 0 Å². The highest BCUT2D eigenvalue weighted by Crippen LogP contribution is 2.29. The van der Waals surface area contributed by atoms with Crippen LogP contribution in [0, 0.1) is 28.9 Å². The number of likely N-dealkylation sites (tertiary alicyclic amines) is 1. The number of rotatable bonds is 3. The highest BCUT2D eigenvalue weighted by Gasteiger charge is 2.42. The van der Waals surface area contributed by atoms with Crippen LogP contribution in [0.15, 0.2) is 18.2 Å². The molecule has 1 fully saturated rings. The number of nitrogens with zero attached hydrogens (tertiary/aromatic N) is 2. The van der Waals surface area contributed by atoms with Crippen molar-refractivity contribution in [2.75, 3.05) is 0 Å². The van der Waals surface area contributed by atoms with E-state index < -0.39 is 4.92 Å². The molecule has 1 aromatic carbocycles. The summed E-state index contributed by atoms with van der Waals surface area (Å²) in [5.74, 6) is -1.09. The van der Waals surface area contributed by atoms with Gasteiger partial charge in [-0.1, -0.05) is 26.0 Å². The van der Waals surface area contributed by atoms with Gasteiger partial charge in [0.1, 0.15) is 0 Å². The third-order valence-electron chi connectivity index (χ3n) is 4.00. The summed E-state index contributed by atoms with van der Waals surface area (Å²) in [5, 5.41) is 10.9. The van der Waals surface area contributed by atoms with Gasteiger partial charge in [0, 0.05) is 23.5 Å². The van der Waals surface area contributed by atoms with Crippen LogP contribution in [0.25, 0.3) is 0 Å². The first-order valence-corrected chi connectivity index (χ1v) is 6.42. The number of hydrogen-bond donors (Lipinski definition) is 0. The molecule has 6 nitrogen and oxygen atoms in total. The topological polar surface area (TPSA) is 80.5 Å². The van der Waals surface area contributed by atoms with Crippen molar-refractivity contribution < 1.29 is 14.5 Å². The largest absolute Gasteiger partial charge is 0.278 e. The van der Waals surface area contributed by atoms with Crippen LogP contribution in [0.5, 0.6) is 0 Å². The Morgan fingerprint density at radius 1 is 1.20 bits per heavy atom. The van der Waals surface area contributed by atoms with Crippen molar-refractivity contribution in [1.82, 2.24) is 4.90 Å². The van der Waals surface area contributed by atoms with E-state index in [0.29, 0.717) is 11.1 Å². The van der Waals surface area contributed by atoms with Gasteiger partial charge < -0.3 is 0 Å². The molecule has 0 aliphatic carbocycles. The summed E-state index contributed by atoms with van der Waals surface area (Å²) < 4.78 is 0. The van der Waals surface area contributed by atoms with Gasteiger partial charge in [-0.15, -0.1) is 0 Å². The second-order valence-electron chi connectivity index (χ2n) is 5.16. The van der Waals surface area contributed by atoms with Crippen molar-refractivity contribution in [3.8, 4) is 0 Å². The summed E-state index contributed by atoms with van der Waals surface area (Å²) in [6, 6.07) is 4.69. The van der Waals surface area contributed by atoms with E-state index in [9.17, 15) is 19.7 Å². The zero-order chi connectivity index (χ0) is 15.0. The SMILES string of the molecule is Cc1c(CN2C(=O)C(C)C(C)C2=O)cccc1[N+](=O)[O-]. The van der Waals surface area contributed by atoms with E-state index >= 15 is 0 Å². The smallest absolute Gasteiger partial charge is 0.272 e. The van der Waals surface area contributed by atoms with Gasteiger partial charge in [-0.2, -0.15) is 0 Å². The quantitative estimate of drug-likeness (QED) is 0.480. The van der Waals surface area contributed by atoms with Gasteiger partial charge in [0.25, 0.3) is 5.69 Å². The van der Waals surface area contributed by atoms with E-state index in [1.807, 2.05) is 0 Å². The molecule has 1 heterocycles. The molecule has 2 amide bonds. The lowest BCUT2D eigenvalue weighted by Crippen LogP contribution is -2.30. The number of imide groups is 1. The Bertz CT molecular complexity index is 577. The highest BCUT2D eigenvalue weighted by molar-refractivity contribution is 6.04. The lowest BCUT2D eigenvalue weighted by Gasteiger charge is -2.16. The lowest BCUT2D eigenvalue weighted by atomic mass is 10.00. The van der Waals surface area contributed by atoms with Crippen LogP contribution >= 0.6 is 0 Å². The third kappa shape index (κ3) is 2.17. The molecule has 0 spiro atoms. The average Bonchev–Trinajstić information content (AvgIpc) is 2.58. The van der Waals surface area contributed by atoms with E-state index in [4.69, 9.17) is 0 Å². The van der Waals surface area contributed by atoms with Crippen LogP contribution < -0.4 is 0 Å². The summed E-state index contributed by atoms with van der Waals surface area (Å²) in [4.78, 5) is 35.7. The first-order chi connectivity index (χ1) is 9.34. The van der Waals surface area contributed by atoms with E-state index in [1.54, 1.807) is 32.9 Å².